The van der Waals surface area contributed by atoms with Crippen LogP contribution in [-0.4, -0.2) is 157 Å². The fourth-order valence-electron chi connectivity index (χ4n) is 8.77. The van der Waals surface area contributed by atoms with Crippen LogP contribution in [0.2, 0.25) is 10.6 Å². The number of hydrogen-bond donors (Lipinski definition) is 12. The fourth-order valence-corrected chi connectivity index (χ4v) is 12.3. The van der Waals surface area contributed by atoms with Gasteiger partial charge in [0.05, 0.1) is 34.8 Å². The lowest BCUT2D eigenvalue weighted by Crippen LogP contribution is -2.48. The first-order valence-electron chi connectivity index (χ1n) is 24.6. The summed E-state index contributed by atoms with van der Waals surface area (Å²) in [6.45, 7) is 3.94. The molecule has 0 radical (unpaired) electrons. The van der Waals surface area contributed by atoms with Gasteiger partial charge in [0, 0.05) is 74.1 Å². The third-order valence-corrected chi connectivity index (χ3v) is 17.4. The number of methoxy groups -OCH3 is 1. The summed E-state index contributed by atoms with van der Waals surface area (Å²) in [6, 6.07) is 15.2. The van der Waals surface area contributed by atoms with E-state index >= 15 is 0 Å². The van der Waals surface area contributed by atoms with Gasteiger partial charge in [0.15, 0.2) is 5.75 Å². The first-order chi connectivity index (χ1) is 41.2. The van der Waals surface area contributed by atoms with Gasteiger partial charge in [-0.1, -0.05) is 12.1 Å². The van der Waals surface area contributed by atoms with Gasteiger partial charge in [-0.2, -0.15) is 72.0 Å². The molecule has 8 aromatic rings. The topological polar surface area (TPSA) is 499 Å². The minimum Gasteiger partial charge on any atom is -0.505 e. The third kappa shape index (κ3) is 15.0. The Morgan fingerprint density at radius 3 is 1.90 bits per heavy atom. The van der Waals surface area contributed by atoms with Crippen LogP contribution in [0.15, 0.2) is 120 Å². The van der Waals surface area contributed by atoms with Crippen molar-refractivity contribution in [2.75, 3.05) is 83.4 Å². The molecule has 1 saturated heterocycles. The summed E-state index contributed by atoms with van der Waals surface area (Å²) in [5.74, 6) is -1.07. The predicted octanol–water partition coefficient (Wildman–Crippen LogP) is 6.15. The number of carbonyl (C=O) groups is 1. The van der Waals surface area contributed by atoms with Crippen molar-refractivity contribution in [1.82, 2.24) is 34.8 Å². The van der Waals surface area contributed by atoms with Gasteiger partial charge >= 0.3 is 0 Å². The molecule has 34 nitrogen and oxygen atoms in total. The number of azo groups is 1. The van der Waals surface area contributed by atoms with Crippen molar-refractivity contribution in [2.24, 2.45) is 10.2 Å². The third-order valence-electron chi connectivity index (χ3n) is 12.6. The molecule has 2 aromatic heterocycles. The van der Waals surface area contributed by atoms with Crippen LogP contribution >= 0.6 is 23.2 Å². The lowest BCUT2D eigenvalue weighted by molar-refractivity contribution is -0.114. The first-order valence-corrected chi connectivity index (χ1v) is 32.6. The smallest absolute Gasteiger partial charge is 0.296 e. The second-order valence-electron chi connectivity index (χ2n) is 18.6. The van der Waals surface area contributed by atoms with Crippen LogP contribution in [0.25, 0.3) is 21.5 Å². The molecule has 3 heterocycles. The van der Waals surface area contributed by atoms with Gasteiger partial charge in [0.25, 0.3) is 50.6 Å². The molecule has 88 heavy (non-hydrogen) atoms. The lowest BCUT2D eigenvalue weighted by Gasteiger charge is -2.34. The van der Waals surface area contributed by atoms with E-state index in [2.05, 4.69) is 77.2 Å². The van der Waals surface area contributed by atoms with E-state index in [1.807, 2.05) is 4.90 Å². The number of phenolic OH excluding ortho intramolecular Hbond substituents is 1. The highest BCUT2D eigenvalue weighted by atomic mass is 35.5. The van der Waals surface area contributed by atoms with Gasteiger partial charge in [-0.3, -0.25) is 37.9 Å². The number of carbonyl (C=O) groups excluding carboxylic acids is 1. The number of amides is 1. The van der Waals surface area contributed by atoms with E-state index in [0.29, 0.717) is 57.5 Å². The van der Waals surface area contributed by atoms with Crippen LogP contribution in [0.1, 0.15) is 6.92 Å². The van der Waals surface area contributed by atoms with E-state index in [9.17, 15) is 74.8 Å². The molecule has 6 aromatic carbocycles. The maximum Gasteiger partial charge on any atom is 0.296 e. The number of ether oxygens (including phenoxy) is 1. The quantitative estimate of drug-likeness (QED) is 0.0218. The van der Waals surface area contributed by atoms with E-state index < -0.39 is 98.1 Å². The first kappa shape index (κ1) is 63.9. The van der Waals surface area contributed by atoms with Crippen molar-refractivity contribution in [1.29, 1.82) is 0 Å². The Morgan fingerprint density at radius 1 is 0.591 bits per heavy atom. The normalized spacial score (nSPS) is 13.6. The largest absolute Gasteiger partial charge is 0.505 e. The Labute approximate surface area is 508 Å². The van der Waals surface area contributed by atoms with E-state index in [4.69, 9.17) is 27.9 Å². The number of hydrogen-bond acceptors (Lipinski definition) is 28. The molecule has 1 amide bonds. The highest BCUT2D eigenvalue weighted by Crippen LogP contribution is 2.43. The number of benzene rings is 6. The molecule has 464 valence electrons. The number of halogens is 2. The Morgan fingerprint density at radius 2 is 1.25 bits per heavy atom. The van der Waals surface area contributed by atoms with Crippen LogP contribution < -0.4 is 41.8 Å². The van der Waals surface area contributed by atoms with Gasteiger partial charge in [0.1, 0.15) is 36.7 Å². The number of hydrazine groups is 1. The highest BCUT2D eigenvalue weighted by molar-refractivity contribution is 7.87. The number of nitrogens with zero attached hydrogens (tertiary/aromatic N) is 10. The minimum atomic E-state index is -5.23. The van der Waals surface area contributed by atoms with Gasteiger partial charge < -0.3 is 41.4 Å². The van der Waals surface area contributed by atoms with E-state index in [1.165, 1.54) is 62.6 Å². The summed E-state index contributed by atoms with van der Waals surface area (Å²) in [4.78, 5) is 37.9. The molecule has 0 bridgehead atoms. The molecule has 0 atom stereocenters. The molecule has 0 spiro atoms. The molecule has 0 saturated carbocycles. The standard InChI is InChI=1S/C47H44Cl2N16O18S5/c1-23(66)51-31-21-33(35(83-2)22-32(31)61-60-26-18-30-29(38(19-26)87(77,78)79)4-3-5-36(30)85(71,72)73)53-46-56-43(49)57-47(59-46)65-14-12-64(13-15-65)11-10-50-44-54-42(48)55-45(58-44)52-25-6-8-28-24(16-25)17-39(88(80,81)82)40(41(28)67)63-62-34-20-27(84(68,69)70)7-9-37(34)86(74,75)76/h3-9,16-22,60-61,67H,10-15H2,1-2H3,(H,51,66)(H,68,69,70)(H,71,72,73)(H,74,75,76)(H,77,78,79)(H,80,81,82)(H,53,56,57,59)(H2,50,52,54,55,58). The molecule has 41 heteroatoms. The maximum atomic E-state index is 12.6. The Kier molecular flexibility index (Phi) is 18.1. The summed E-state index contributed by atoms with van der Waals surface area (Å²) in [5, 5.41) is 29.1. The minimum absolute atomic E-state index is 0.0172. The molecule has 9 rings (SSSR count). The number of anilines is 9. The van der Waals surface area contributed by atoms with Crippen LogP contribution in [-0.2, 0) is 55.4 Å². The molecule has 1 aliphatic heterocycles. The van der Waals surface area contributed by atoms with Crippen LogP contribution in [0.3, 0.4) is 0 Å². The van der Waals surface area contributed by atoms with Gasteiger partial charge in [0.2, 0.25) is 40.3 Å². The number of aromatic nitrogens is 6. The fraction of sp³-hybridized carbons (Fsp3) is 0.170. The zero-order chi connectivity index (χ0) is 63.8. The van der Waals surface area contributed by atoms with E-state index in [1.54, 1.807) is 0 Å². The molecular weight excluding hydrogens is 1310 g/mol. The monoisotopic (exact) mass is 1350 g/mol. The molecule has 1 fully saturated rings. The number of aromatic hydroxyl groups is 1. The Hall–Kier alpha value is -8.58. The summed E-state index contributed by atoms with van der Waals surface area (Å²) in [7, 11) is -23.7. The van der Waals surface area contributed by atoms with E-state index in [-0.39, 0.29) is 90.1 Å². The summed E-state index contributed by atoms with van der Waals surface area (Å²) < 4.78 is 177. The second-order valence-corrected chi connectivity index (χ2v) is 26.2. The van der Waals surface area contributed by atoms with E-state index in [0.717, 1.165) is 18.2 Å². The zero-order valence-electron chi connectivity index (χ0n) is 44.7. The predicted molar refractivity (Wildman–Crippen MR) is 317 cm³/mol. The van der Waals surface area contributed by atoms with Gasteiger partial charge in [-0.15, -0.1) is 10.2 Å². The van der Waals surface area contributed by atoms with Crippen LogP contribution in [0, 0.1) is 0 Å². The summed E-state index contributed by atoms with van der Waals surface area (Å²) >= 11 is 12.7. The average Bonchev–Trinajstić information content (AvgIpc) is 1.25. The molecule has 0 unspecified atom stereocenters. The van der Waals surface area contributed by atoms with Crippen molar-refractivity contribution in [2.45, 2.75) is 31.4 Å². The number of rotatable bonds is 21. The Balaban J connectivity index is 0.841. The summed E-state index contributed by atoms with van der Waals surface area (Å²) in [6.07, 6.45) is 0. The highest BCUT2D eigenvalue weighted by Gasteiger charge is 2.27. The van der Waals surface area contributed by atoms with Crippen LogP contribution in [0.5, 0.6) is 11.5 Å². The Bertz CT molecular complexity index is 4780. The van der Waals surface area contributed by atoms with Crippen molar-refractivity contribution >= 4 is 165 Å². The number of phenols is 1. The molecular formula is C47H44Cl2N16O18S5. The molecule has 12 N–H and O–H groups in total. The van der Waals surface area contributed by atoms with Crippen molar-refractivity contribution in [3.8, 4) is 11.5 Å². The van der Waals surface area contributed by atoms with Gasteiger partial charge in [-0.05, 0) is 95.3 Å². The molecule has 0 aliphatic carbocycles. The number of nitrogens with one attached hydrogen (secondary N) is 6. The van der Waals surface area contributed by atoms with Gasteiger partial charge in [-0.25, -0.2) is 0 Å². The summed E-state index contributed by atoms with van der Waals surface area (Å²) in [5.41, 5.74) is 4.34. The zero-order valence-corrected chi connectivity index (χ0v) is 50.3. The number of fused-ring (bicyclic) bond motifs is 2. The van der Waals surface area contributed by atoms with Crippen molar-refractivity contribution in [3.63, 3.8) is 0 Å². The average molecular weight is 1350 g/mol. The number of piperazine rings is 1. The van der Waals surface area contributed by atoms with Crippen LogP contribution in [0.4, 0.5) is 63.6 Å². The second kappa shape index (κ2) is 24.9. The lowest BCUT2D eigenvalue weighted by atomic mass is 10.1. The van der Waals surface area contributed by atoms with Crippen molar-refractivity contribution in [3.05, 3.63) is 95.5 Å². The molecule has 1 aliphatic rings. The SMILES string of the molecule is COc1cc(NNc2cc(S(=O)(=O)O)c3cccc(S(=O)(=O)O)c3c2)c(NC(C)=O)cc1Nc1nc(Cl)nc(N2CCN(CCNc3nc(Cl)nc(Nc4ccc5c(O)c(N=Nc6cc(S(=O)(=O)O)ccc6S(=O)(=O)O)c(S(=O)(=O)O)cc5c4)n3)CC2)n1. The van der Waals surface area contributed by atoms with Crippen molar-refractivity contribution < 1.29 is 79.5 Å². The maximum absolute atomic E-state index is 12.6.